The summed E-state index contributed by atoms with van der Waals surface area (Å²) in [5.41, 5.74) is 0.931. The summed E-state index contributed by atoms with van der Waals surface area (Å²) < 4.78 is 24.0. The molecular weight excluding hydrogens is 246 g/mol. The van der Waals surface area contributed by atoms with Crippen LogP contribution in [-0.4, -0.2) is 20.7 Å². The lowest BCUT2D eigenvalue weighted by molar-refractivity contribution is 0.596. The maximum atomic E-state index is 12.0. The van der Waals surface area contributed by atoms with Crippen LogP contribution in [0.15, 0.2) is 65.6 Å². The molecule has 2 aromatic rings. The number of hydrogen-bond acceptors (Lipinski definition) is 3. The number of para-hydroxylation sites is 1. The first-order valence-corrected chi connectivity index (χ1v) is 7.40. The molecule has 0 bridgehead atoms. The maximum Gasteiger partial charge on any atom is 0.180 e. The highest BCUT2D eigenvalue weighted by Crippen LogP contribution is 2.10. The van der Waals surface area contributed by atoms with Crippen LogP contribution in [0.25, 0.3) is 0 Å². The van der Waals surface area contributed by atoms with E-state index >= 15 is 0 Å². The van der Waals surface area contributed by atoms with Crippen LogP contribution in [0.2, 0.25) is 0 Å². The minimum absolute atomic E-state index is 0.0892. The van der Waals surface area contributed by atoms with Gasteiger partial charge < -0.3 is 5.32 Å². The Bertz CT molecular complexity index is 580. The monoisotopic (exact) mass is 261 g/mol. The molecule has 2 rings (SSSR count). The van der Waals surface area contributed by atoms with E-state index in [-0.39, 0.29) is 5.75 Å². The first-order chi connectivity index (χ1) is 8.68. The van der Waals surface area contributed by atoms with E-state index in [1.54, 1.807) is 30.3 Å². The fourth-order valence-corrected chi connectivity index (χ4v) is 2.81. The van der Waals surface area contributed by atoms with Crippen molar-refractivity contribution in [3.63, 3.8) is 0 Å². The van der Waals surface area contributed by atoms with Crippen molar-refractivity contribution in [2.24, 2.45) is 0 Å². The molecule has 1 N–H and O–H groups in total. The quantitative estimate of drug-likeness (QED) is 0.899. The van der Waals surface area contributed by atoms with E-state index in [1.807, 2.05) is 30.3 Å². The van der Waals surface area contributed by atoms with Crippen LogP contribution < -0.4 is 5.32 Å². The molecule has 94 valence electrons. The number of rotatable bonds is 5. The first-order valence-electron chi connectivity index (χ1n) is 5.75. The fraction of sp³-hybridized carbons (Fsp3) is 0.143. The maximum absolute atomic E-state index is 12.0. The predicted octanol–water partition coefficient (Wildman–Crippen LogP) is 2.57. The van der Waals surface area contributed by atoms with Gasteiger partial charge in [0.2, 0.25) is 0 Å². The highest BCUT2D eigenvalue weighted by molar-refractivity contribution is 7.91. The molecule has 0 aliphatic rings. The van der Waals surface area contributed by atoms with Crippen LogP contribution in [0.5, 0.6) is 0 Å². The van der Waals surface area contributed by atoms with E-state index < -0.39 is 9.84 Å². The van der Waals surface area contributed by atoms with E-state index in [0.717, 1.165) is 5.69 Å². The van der Waals surface area contributed by atoms with E-state index in [1.165, 1.54) is 0 Å². The Balaban J connectivity index is 1.95. The third kappa shape index (κ3) is 3.34. The zero-order valence-electron chi connectivity index (χ0n) is 9.91. The number of hydrogen-bond donors (Lipinski definition) is 1. The minimum Gasteiger partial charge on any atom is -0.384 e. The Morgan fingerprint density at radius 1 is 0.833 bits per heavy atom. The molecule has 0 atom stereocenters. The van der Waals surface area contributed by atoms with Gasteiger partial charge in [-0.25, -0.2) is 8.42 Å². The van der Waals surface area contributed by atoms with Gasteiger partial charge >= 0.3 is 0 Å². The smallest absolute Gasteiger partial charge is 0.180 e. The van der Waals surface area contributed by atoms with Crippen molar-refractivity contribution in [2.45, 2.75) is 4.90 Å². The van der Waals surface area contributed by atoms with Crippen LogP contribution >= 0.6 is 0 Å². The van der Waals surface area contributed by atoms with Gasteiger partial charge in [-0.1, -0.05) is 36.4 Å². The Labute approximate surface area is 107 Å². The van der Waals surface area contributed by atoms with Crippen molar-refractivity contribution in [3.05, 3.63) is 60.7 Å². The largest absolute Gasteiger partial charge is 0.384 e. The molecule has 0 saturated heterocycles. The summed E-state index contributed by atoms with van der Waals surface area (Å²) in [7, 11) is -3.19. The molecule has 0 heterocycles. The second-order valence-corrected chi connectivity index (χ2v) is 6.03. The summed E-state index contributed by atoms with van der Waals surface area (Å²) in [5.74, 6) is 0.0892. The standard InChI is InChI=1S/C14H15NO2S/c16-18(17,14-9-5-2-6-10-14)12-11-15-13-7-3-1-4-8-13/h1-10,15H,11-12H2. The molecule has 18 heavy (non-hydrogen) atoms. The van der Waals surface area contributed by atoms with Crippen molar-refractivity contribution < 1.29 is 8.42 Å². The molecule has 0 amide bonds. The Morgan fingerprint density at radius 3 is 2.00 bits per heavy atom. The van der Waals surface area contributed by atoms with Crippen LogP contribution in [0.1, 0.15) is 0 Å². The van der Waals surface area contributed by atoms with E-state index in [2.05, 4.69) is 5.32 Å². The fourth-order valence-electron chi connectivity index (χ4n) is 1.63. The molecule has 0 fully saturated rings. The molecule has 0 spiro atoms. The van der Waals surface area contributed by atoms with E-state index in [9.17, 15) is 8.42 Å². The molecule has 0 aliphatic heterocycles. The topological polar surface area (TPSA) is 46.2 Å². The summed E-state index contributed by atoms with van der Waals surface area (Å²) in [6.07, 6.45) is 0. The predicted molar refractivity (Wildman–Crippen MR) is 73.4 cm³/mol. The second-order valence-electron chi connectivity index (χ2n) is 3.92. The Hall–Kier alpha value is -1.81. The van der Waals surface area contributed by atoms with Gasteiger partial charge in [0.05, 0.1) is 10.6 Å². The Kier molecular flexibility index (Phi) is 3.99. The zero-order valence-corrected chi connectivity index (χ0v) is 10.7. The van der Waals surface area contributed by atoms with Crippen molar-refractivity contribution >= 4 is 15.5 Å². The second kappa shape index (κ2) is 5.69. The average molecular weight is 261 g/mol. The zero-order chi connectivity index (χ0) is 12.8. The number of sulfone groups is 1. The summed E-state index contributed by atoms with van der Waals surface area (Å²) in [6.45, 7) is 0.404. The van der Waals surface area contributed by atoms with Gasteiger partial charge in [0, 0.05) is 12.2 Å². The van der Waals surface area contributed by atoms with Gasteiger partial charge in [-0.15, -0.1) is 0 Å². The van der Waals surface area contributed by atoms with Gasteiger partial charge in [0.1, 0.15) is 0 Å². The van der Waals surface area contributed by atoms with Crippen molar-refractivity contribution in [2.75, 3.05) is 17.6 Å². The lowest BCUT2D eigenvalue weighted by atomic mass is 10.3. The normalized spacial score (nSPS) is 11.1. The molecule has 2 aromatic carbocycles. The number of benzene rings is 2. The average Bonchev–Trinajstić information content (AvgIpc) is 2.41. The molecule has 0 radical (unpaired) electrons. The third-order valence-electron chi connectivity index (χ3n) is 2.58. The summed E-state index contributed by atoms with van der Waals surface area (Å²) in [5, 5.41) is 3.09. The molecular formula is C14H15NO2S. The number of anilines is 1. The highest BCUT2D eigenvalue weighted by atomic mass is 32.2. The van der Waals surface area contributed by atoms with Crippen LogP contribution in [0.4, 0.5) is 5.69 Å². The number of nitrogens with one attached hydrogen (secondary N) is 1. The molecule has 0 unspecified atom stereocenters. The van der Waals surface area contributed by atoms with Crippen LogP contribution in [0.3, 0.4) is 0 Å². The molecule has 3 nitrogen and oxygen atoms in total. The third-order valence-corrected chi connectivity index (χ3v) is 4.31. The SMILES string of the molecule is O=S(=O)(CCNc1ccccc1)c1ccccc1. The highest BCUT2D eigenvalue weighted by Gasteiger charge is 2.12. The lowest BCUT2D eigenvalue weighted by Crippen LogP contribution is -2.15. The molecule has 4 heteroatoms. The van der Waals surface area contributed by atoms with Gasteiger partial charge in [0.25, 0.3) is 0 Å². The molecule has 0 aliphatic carbocycles. The van der Waals surface area contributed by atoms with Crippen molar-refractivity contribution in [3.8, 4) is 0 Å². The van der Waals surface area contributed by atoms with Gasteiger partial charge in [-0.05, 0) is 24.3 Å². The van der Waals surface area contributed by atoms with Gasteiger partial charge in [0.15, 0.2) is 9.84 Å². The summed E-state index contributed by atoms with van der Waals surface area (Å²) in [4.78, 5) is 0.375. The lowest BCUT2D eigenvalue weighted by Gasteiger charge is -2.07. The van der Waals surface area contributed by atoms with Gasteiger partial charge in [-0.3, -0.25) is 0 Å². The van der Waals surface area contributed by atoms with Crippen molar-refractivity contribution in [1.82, 2.24) is 0 Å². The summed E-state index contributed by atoms with van der Waals surface area (Å²) >= 11 is 0. The van der Waals surface area contributed by atoms with Gasteiger partial charge in [-0.2, -0.15) is 0 Å². The van der Waals surface area contributed by atoms with Crippen LogP contribution in [-0.2, 0) is 9.84 Å². The van der Waals surface area contributed by atoms with Crippen molar-refractivity contribution in [1.29, 1.82) is 0 Å². The first kappa shape index (κ1) is 12.6. The van der Waals surface area contributed by atoms with E-state index in [4.69, 9.17) is 0 Å². The molecule has 0 saturated carbocycles. The van der Waals surface area contributed by atoms with Crippen LogP contribution in [0, 0.1) is 0 Å². The summed E-state index contributed by atoms with van der Waals surface area (Å²) in [6, 6.07) is 18.1. The minimum atomic E-state index is -3.19. The Morgan fingerprint density at radius 2 is 1.39 bits per heavy atom. The van der Waals surface area contributed by atoms with E-state index in [0.29, 0.717) is 11.4 Å². The molecule has 0 aromatic heterocycles.